The number of fused-ring (bicyclic) bond motifs is 6. The molecular formula is C32H22N2O. The number of benzene rings is 4. The summed E-state index contributed by atoms with van der Waals surface area (Å²) >= 11 is 0. The van der Waals surface area contributed by atoms with Gasteiger partial charge in [0.2, 0.25) is 0 Å². The summed E-state index contributed by atoms with van der Waals surface area (Å²) in [5, 5.41) is 13.7. The normalized spacial score (nSPS) is 15.0. The molecule has 4 aromatic carbocycles. The van der Waals surface area contributed by atoms with Gasteiger partial charge < -0.3 is 8.98 Å². The van der Waals surface area contributed by atoms with Crippen molar-refractivity contribution in [1.29, 1.82) is 5.26 Å². The average Bonchev–Trinajstić information content (AvgIpc) is 3.45. The van der Waals surface area contributed by atoms with Crippen molar-refractivity contribution in [3.8, 4) is 22.9 Å². The number of aromatic nitrogens is 1. The van der Waals surface area contributed by atoms with Crippen molar-refractivity contribution < 1.29 is 4.42 Å². The Bertz CT molecular complexity index is 1860. The van der Waals surface area contributed by atoms with Crippen LogP contribution in [0.3, 0.4) is 0 Å². The molecule has 0 spiro atoms. The molecule has 166 valence electrons. The molecule has 7 rings (SSSR count). The second-order valence-corrected chi connectivity index (χ2v) is 9.28. The Balaban J connectivity index is 1.63. The molecule has 1 atom stereocenters. The van der Waals surface area contributed by atoms with Crippen LogP contribution in [0.2, 0.25) is 0 Å². The minimum atomic E-state index is 0.337. The lowest BCUT2D eigenvalue weighted by molar-refractivity contribution is 0.670. The predicted octanol–water partition coefficient (Wildman–Crippen LogP) is 8.59. The summed E-state index contributed by atoms with van der Waals surface area (Å²) in [6, 6.07) is 31.4. The van der Waals surface area contributed by atoms with Gasteiger partial charge in [-0.2, -0.15) is 5.26 Å². The van der Waals surface area contributed by atoms with Gasteiger partial charge in [0.25, 0.3) is 0 Å². The number of nitrogens with zero attached hydrogens (tertiary/aromatic N) is 2. The van der Waals surface area contributed by atoms with E-state index in [1.165, 1.54) is 16.6 Å². The highest BCUT2D eigenvalue weighted by Gasteiger charge is 2.26. The Hall–Kier alpha value is -4.55. The first-order chi connectivity index (χ1) is 17.3. The van der Waals surface area contributed by atoms with Crippen LogP contribution in [0, 0.1) is 11.3 Å². The Morgan fingerprint density at radius 2 is 1.57 bits per heavy atom. The fourth-order valence-corrected chi connectivity index (χ4v) is 5.74. The van der Waals surface area contributed by atoms with Gasteiger partial charge in [0.1, 0.15) is 17.2 Å². The third-order valence-electron chi connectivity index (χ3n) is 7.27. The summed E-state index contributed by atoms with van der Waals surface area (Å²) in [5.41, 5.74) is 8.92. The van der Waals surface area contributed by atoms with E-state index in [4.69, 9.17) is 4.42 Å². The van der Waals surface area contributed by atoms with Crippen LogP contribution in [-0.4, -0.2) is 4.57 Å². The van der Waals surface area contributed by atoms with Gasteiger partial charge in [-0.1, -0.05) is 85.8 Å². The highest BCUT2D eigenvalue weighted by molar-refractivity contribution is 6.10. The summed E-state index contributed by atoms with van der Waals surface area (Å²) in [6.45, 7) is 2.27. The van der Waals surface area contributed by atoms with Gasteiger partial charge in [0, 0.05) is 44.5 Å². The summed E-state index contributed by atoms with van der Waals surface area (Å²) < 4.78 is 8.73. The van der Waals surface area contributed by atoms with Crippen molar-refractivity contribution in [2.75, 3.05) is 0 Å². The van der Waals surface area contributed by atoms with Gasteiger partial charge in [-0.15, -0.1) is 0 Å². The molecule has 6 aromatic rings. The lowest BCUT2D eigenvalue weighted by Crippen LogP contribution is -2.09. The van der Waals surface area contributed by atoms with Crippen LogP contribution in [0.25, 0.3) is 55.7 Å². The van der Waals surface area contributed by atoms with Crippen molar-refractivity contribution in [3.05, 3.63) is 108 Å². The van der Waals surface area contributed by atoms with E-state index in [2.05, 4.69) is 84.3 Å². The SMILES string of the molecule is CC1CC=Cc2c1n(-c1c(C#N)cccc1-c1cccc3c1oc1ccccc13)c1ccccc21. The molecule has 0 fully saturated rings. The van der Waals surface area contributed by atoms with Crippen LogP contribution in [0.1, 0.15) is 36.1 Å². The van der Waals surface area contributed by atoms with Gasteiger partial charge in [0.15, 0.2) is 0 Å². The Labute approximate surface area is 203 Å². The van der Waals surface area contributed by atoms with Gasteiger partial charge in [-0.25, -0.2) is 0 Å². The predicted molar refractivity (Wildman–Crippen MR) is 143 cm³/mol. The zero-order chi connectivity index (χ0) is 23.5. The molecule has 2 heterocycles. The first kappa shape index (κ1) is 19.9. The quantitative estimate of drug-likeness (QED) is 0.265. The largest absolute Gasteiger partial charge is 0.455 e. The van der Waals surface area contributed by atoms with Crippen LogP contribution >= 0.6 is 0 Å². The van der Waals surface area contributed by atoms with Crippen LogP contribution in [-0.2, 0) is 0 Å². The highest BCUT2D eigenvalue weighted by Crippen LogP contribution is 2.44. The zero-order valence-electron chi connectivity index (χ0n) is 19.3. The fourth-order valence-electron chi connectivity index (χ4n) is 5.74. The molecule has 3 nitrogen and oxygen atoms in total. The van der Waals surface area contributed by atoms with E-state index in [1.54, 1.807) is 0 Å². The number of allylic oxidation sites excluding steroid dienone is 1. The van der Waals surface area contributed by atoms with Crippen molar-refractivity contribution in [3.63, 3.8) is 0 Å². The molecule has 0 N–H and O–H groups in total. The van der Waals surface area contributed by atoms with Crippen molar-refractivity contribution in [1.82, 2.24) is 4.57 Å². The molecule has 0 amide bonds. The number of hydrogen-bond acceptors (Lipinski definition) is 2. The standard InChI is InChI=1S/C32H22N2O/c1-20-9-6-13-24-22-11-2-4-17-28(22)34(30(20)24)31-21(19-33)10-7-14-25(31)27-16-8-15-26-23-12-3-5-18-29(23)35-32(26)27/h2-8,10-18,20H,9H2,1H3. The Morgan fingerprint density at radius 1 is 0.829 bits per heavy atom. The summed E-state index contributed by atoms with van der Waals surface area (Å²) in [6.07, 6.45) is 5.48. The molecule has 35 heavy (non-hydrogen) atoms. The lowest BCUT2D eigenvalue weighted by Gasteiger charge is -2.22. The topological polar surface area (TPSA) is 41.9 Å². The van der Waals surface area contributed by atoms with E-state index < -0.39 is 0 Å². The fraction of sp³-hybridized carbons (Fsp3) is 0.0938. The molecule has 2 aromatic heterocycles. The molecule has 0 aliphatic heterocycles. The van der Waals surface area contributed by atoms with Gasteiger partial charge in [-0.05, 0) is 24.6 Å². The highest BCUT2D eigenvalue weighted by atomic mass is 16.3. The van der Waals surface area contributed by atoms with E-state index in [0.29, 0.717) is 11.5 Å². The summed E-state index contributed by atoms with van der Waals surface area (Å²) in [7, 11) is 0. The Morgan fingerprint density at radius 3 is 2.46 bits per heavy atom. The van der Waals surface area contributed by atoms with Crippen LogP contribution < -0.4 is 0 Å². The number of rotatable bonds is 2. The van der Waals surface area contributed by atoms with E-state index >= 15 is 0 Å². The molecular weight excluding hydrogens is 428 g/mol. The number of hydrogen-bond donors (Lipinski definition) is 0. The first-order valence-corrected chi connectivity index (χ1v) is 12.0. The Kier molecular flexibility index (Phi) is 4.25. The van der Waals surface area contributed by atoms with Crippen LogP contribution in [0.5, 0.6) is 0 Å². The van der Waals surface area contributed by atoms with Crippen molar-refractivity contribution in [2.45, 2.75) is 19.3 Å². The minimum Gasteiger partial charge on any atom is -0.455 e. The maximum atomic E-state index is 10.3. The zero-order valence-corrected chi connectivity index (χ0v) is 19.3. The molecule has 0 saturated heterocycles. The van der Waals surface area contributed by atoms with Crippen LogP contribution in [0.4, 0.5) is 0 Å². The molecule has 1 unspecified atom stereocenters. The minimum absolute atomic E-state index is 0.337. The molecule has 3 heteroatoms. The summed E-state index contributed by atoms with van der Waals surface area (Å²) in [4.78, 5) is 0. The van der Waals surface area contributed by atoms with Gasteiger partial charge in [-0.3, -0.25) is 0 Å². The van der Waals surface area contributed by atoms with Crippen molar-refractivity contribution >= 4 is 38.9 Å². The second kappa shape index (κ2) is 7.48. The third kappa shape index (κ3) is 2.77. The van der Waals surface area contributed by atoms with E-state index in [9.17, 15) is 5.26 Å². The van der Waals surface area contributed by atoms with Crippen LogP contribution in [0.15, 0.2) is 95.4 Å². The molecule has 0 saturated carbocycles. The summed E-state index contributed by atoms with van der Waals surface area (Å²) in [5.74, 6) is 0.337. The first-order valence-electron chi connectivity index (χ1n) is 12.0. The molecule has 1 aliphatic rings. The van der Waals surface area contributed by atoms with Crippen molar-refractivity contribution in [2.24, 2.45) is 0 Å². The number of furan rings is 1. The number of para-hydroxylation sites is 4. The molecule has 1 aliphatic carbocycles. The van der Waals surface area contributed by atoms with E-state index in [0.717, 1.165) is 50.7 Å². The monoisotopic (exact) mass is 450 g/mol. The maximum absolute atomic E-state index is 10.3. The number of nitriles is 1. The maximum Gasteiger partial charge on any atom is 0.143 e. The average molecular weight is 451 g/mol. The smallest absolute Gasteiger partial charge is 0.143 e. The molecule has 0 radical (unpaired) electrons. The third-order valence-corrected chi connectivity index (χ3v) is 7.27. The van der Waals surface area contributed by atoms with Gasteiger partial charge in [0.05, 0.1) is 16.8 Å². The lowest BCUT2D eigenvalue weighted by atomic mass is 9.92. The molecule has 0 bridgehead atoms. The van der Waals surface area contributed by atoms with Gasteiger partial charge >= 0.3 is 0 Å². The second-order valence-electron chi connectivity index (χ2n) is 9.28. The van der Waals surface area contributed by atoms with E-state index in [1.807, 2.05) is 30.3 Å². The van der Waals surface area contributed by atoms with E-state index in [-0.39, 0.29) is 0 Å².